The molecule has 0 aromatic carbocycles. The number of halogens is 1. The maximum atomic E-state index is 14.4. The second-order valence-corrected chi connectivity index (χ2v) is 14.4. The lowest BCUT2D eigenvalue weighted by atomic mass is 9.66. The SMILES string of the molecule is N#Cc1c(N2CC3CCC(C2)N3)nc(OC[C@@]23CCCN2CC(F)C3)nc1N1CC2(CCCc3sc(N)c(C#N)c32)C1. The Balaban J connectivity index is 1.14. The second kappa shape index (κ2) is 9.66. The van der Waals surface area contributed by atoms with Crippen LogP contribution in [-0.4, -0.2) is 84.5 Å². The van der Waals surface area contributed by atoms with Gasteiger partial charge in [0.25, 0.3) is 0 Å². The van der Waals surface area contributed by atoms with E-state index in [1.54, 1.807) is 11.3 Å². The molecule has 4 atom stereocenters. The largest absolute Gasteiger partial charge is 0.461 e. The molecule has 0 amide bonds. The number of hydrogen-bond acceptors (Lipinski definition) is 11. The third-order valence-corrected chi connectivity index (χ3v) is 11.8. The van der Waals surface area contributed by atoms with Crippen LogP contribution in [0.5, 0.6) is 6.01 Å². The Bertz CT molecular complexity index is 1500. The Kier molecular flexibility index (Phi) is 6.08. The minimum absolute atomic E-state index is 0.164. The Labute approximate surface area is 249 Å². The van der Waals surface area contributed by atoms with Gasteiger partial charge in [0.2, 0.25) is 0 Å². The molecule has 5 saturated heterocycles. The lowest BCUT2D eigenvalue weighted by molar-refractivity contribution is 0.107. The average molecular weight is 590 g/mol. The molecule has 2 aromatic rings. The second-order valence-electron chi connectivity index (χ2n) is 13.3. The Morgan fingerprint density at radius 1 is 1.02 bits per heavy atom. The van der Waals surface area contributed by atoms with Crippen LogP contribution in [0.25, 0.3) is 0 Å². The number of aromatic nitrogens is 2. The zero-order valence-corrected chi connectivity index (χ0v) is 24.6. The highest BCUT2D eigenvalue weighted by molar-refractivity contribution is 7.16. The first-order chi connectivity index (χ1) is 20.4. The summed E-state index contributed by atoms with van der Waals surface area (Å²) < 4.78 is 20.8. The van der Waals surface area contributed by atoms with E-state index in [2.05, 4.69) is 32.2 Å². The number of rotatable bonds is 5. The minimum Gasteiger partial charge on any atom is -0.461 e. The van der Waals surface area contributed by atoms with Crippen molar-refractivity contribution in [2.45, 2.75) is 80.6 Å². The average Bonchev–Trinajstić information content (AvgIpc) is 3.69. The lowest BCUT2D eigenvalue weighted by Gasteiger charge is -2.53. The summed E-state index contributed by atoms with van der Waals surface area (Å²) in [5.74, 6) is 1.23. The Hall–Kier alpha value is -3.19. The van der Waals surface area contributed by atoms with Crippen LogP contribution >= 0.6 is 11.3 Å². The molecule has 1 aliphatic carbocycles. The van der Waals surface area contributed by atoms with Crippen LogP contribution in [0.4, 0.5) is 21.0 Å². The summed E-state index contributed by atoms with van der Waals surface area (Å²) in [6.45, 7) is 4.62. The molecule has 42 heavy (non-hydrogen) atoms. The monoisotopic (exact) mass is 589 g/mol. The molecular weight excluding hydrogens is 553 g/mol. The summed E-state index contributed by atoms with van der Waals surface area (Å²) >= 11 is 1.55. The summed E-state index contributed by atoms with van der Waals surface area (Å²) in [5, 5.41) is 24.7. The van der Waals surface area contributed by atoms with Crippen molar-refractivity contribution in [3.05, 3.63) is 21.6 Å². The van der Waals surface area contributed by atoms with E-state index in [0.717, 1.165) is 70.1 Å². The molecule has 2 aromatic heterocycles. The van der Waals surface area contributed by atoms with Gasteiger partial charge in [-0.05, 0) is 57.1 Å². The van der Waals surface area contributed by atoms with E-state index in [-0.39, 0.29) is 17.0 Å². The summed E-state index contributed by atoms with van der Waals surface area (Å²) in [5.41, 5.74) is 8.01. The molecule has 7 heterocycles. The van der Waals surface area contributed by atoms with Gasteiger partial charge in [-0.1, -0.05) is 0 Å². The van der Waals surface area contributed by atoms with E-state index < -0.39 is 6.17 Å². The smallest absolute Gasteiger partial charge is 0.320 e. The molecule has 3 unspecified atom stereocenters. The number of nitriles is 2. The number of anilines is 3. The molecule has 10 nitrogen and oxygen atoms in total. The van der Waals surface area contributed by atoms with Crippen LogP contribution in [0.15, 0.2) is 0 Å². The van der Waals surface area contributed by atoms with Crippen LogP contribution in [0.2, 0.25) is 0 Å². The number of alkyl halides is 1. The lowest BCUT2D eigenvalue weighted by Crippen LogP contribution is -2.61. The third kappa shape index (κ3) is 3.99. The summed E-state index contributed by atoms with van der Waals surface area (Å²) in [7, 11) is 0. The standard InChI is InChI=1S/C30H36FN9OS/c31-18-9-30(7-2-8-40(30)12-18)17-41-28-36-26(38-13-19-4-5-20(14-38)35-19)22(11-33)27(37-28)39-15-29(16-39)6-1-3-23-24(29)21(10-32)25(34)42-23/h18-20,35H,1-9,12-17,34H2/t18?,19?,20?,30-/m0/s1. The van der Waals surface area contributed by atoms with E-state index in [1.165, 1.54) is 4.88 Å². The number of nitrogen functional groups attached to an aromatic ring is 1. The highest BCUT2D eigenvalue weighted by Gasteiger charge is 2.52. The van der Waals surface area contributed by atoms with Crippen LogP contribution in [-0.2, 0) is 11.8 Å². The zero-order valence-electron chi connectivity index (χ0n) is 23.7. The van der Waals surface area contributed by atoms with Gasteiger partial charge in [0.1, 0.15) is 35.5 Å². The van der Waals surface area contributed by atoms with E-state index in [0.29, 0.717) is 72.5 Å². The van der Waals surface area contributed by atoms with Crippen molar-refractivity contribution in [1.82, 2.24) is 20.2 Å². The molecule has 0 radical (unpaired) electrons. The molecule has 220 valence electrons. The van der Waals surface area contributed by atoms with Gasteiger partial charge >= 0.3 is 6.01 Å². The fraction of sp³-hybridized carbons (Fsp3) is 0.667. The van der Waals surface area contributed by atoms with Crippen molar-refractivity contribution in [2.75, 3.05) is 61.4 Å². The molecule has 1 spiro atoms. The predicted octanol–water partition coefficient (Wildman–Crippen LogP) is 2.85. The highest BCUT2D eigenvalue weighted by Crippen LogP contribution is 2.51. The minimum atomic E-state index is -0.833. The zero-order chi connectivity index (χ0) is 28.6. The van der Waals surface area contributed by atoms with Gasteiger partial charge in [0.15, 0.2) is 11.6 Å². The molecule has 2 bridgehead atoms. The van der Waals surface area contributed by atoms with Gasteiger partial charge in [-0.15, -0.1) is 11.3 Å². The number of nitrogens with zero attached hydrogens (tertiary/aromatic N) is 7. The van der Waals surface area contributed by atoms with Crippen LogP contribution in [0, 0.1) is 22.7 Å². The molecule has 5 aliphatic heterocycles. The number of hydrogen-bond donors (Lipinski definition) is 2. The van der Waals surface area contributed by atoms with Gasteiger partial charge in [-0.3, -0.25) is 4.90 Å². The Morgan fingerprint density at radius 2 is 1.76 bits per heavy atom. The molecule has 8 rings (SSSR count). The van der Waals surface area contributed by atoms with Crippen molar-refractivity contribution in [3.8, 4) is 18.1 Å². The fourth-order valence-corrected chi connectivity index (χ4v) is 10.0. The van der Waals surface area contributed by atoms with Crippen LogP contribution < -0.4 is 25.6 Å². The first-order valence-electron chi connectivity index (χ1n) is 15.3. The van der Waals surface area contributed by atoms with Crippen molar-refractivity contribution >= 4 is 28.0 Å². The fourth-order valence-electron chi connectivity index (χ4n) is 8.87. The summed E-state index contributed by atoms with van der Waals surface area (Å²) in [4.78, 5) is 17.6. The first kappa shape index (κ1) is 26.4. The van der Waals surface area contributed by atoms with Crippen molar-refractivity contribution in [1.29, 1.82) is 10.5 Å². The topological polar surface area (TPSA) is 130 Å². The van der Waals surface area contributed by atoms with Gasteiger partial charge in [0.05, 0.1) is 11.1 Å². The maximum absolute atomic E-state index is 14.4. The molecular formula is C30H36FN9OS. The molecule has 0 saturated carbocycles. The number of thiophene rings is 1. The number of ether oxygens (including phenoxy) is 1. The van der Waals surface area contributed by atoms with Gasteiger partial charge < -0.3 is 25.6 Å². The number of piperazine rings is 1. The van der Waals surface area contributed by atoms with E-state index in [9.17, 15) is 14.9 Å². The molecule has 5 fully saturated rings. The maximum Gasteiger partial charge on any atom is 0.320 e. The van der Waals surface area contributed by atoms with Gasteiger partial charge in [-0.25, -0.2) is 4.39 Å². The van der Waals surface area contributed by atoms with Crippen molar-refractivity contribution in [2.24, 2.45) is 0 Å². The number of fused-ring (bicyclic) bond motifs is 5. The number of nitrogens with one attached hydrogen (secondary N) is 1. The van der Waals surface area contributed by atoms with Crippen molar-refractivity contribution in [3.63, 3.8) is 0 Å². The predicted molar refractivity (Wildman–Crippen MR) is 158 cm³/mol. The van der Waals surface area contributed by atoms with E-state index in [4.69, 9.17) is 20.4 Å². The number of aryl methyl sites for hydroxylation is 1. The molecule has 12 heteroatoms. The van der Waals surface area contributed by atoms with E-state index in [1.807, 2.05) is 0 Å². The first-order valence-corrected chi connectivity index (χ1v) is 16.1. The van der Waals surface area contributed by atoms with Crippen LogP contribution in [0.1, 0.15) is 66.5 Å². The highest BCUT2D eigenvalue weighted by atomic mass is 32.1. The summed E-state index contributed by atoms with van der Waals surface area (Å²) in [6.07, 6.45) is 6.83. The van der Waals surface area contributed by atoms with Crippen molar-refractivity contribution < 1.29 is 9.13 Å². The summed E-state index contributed by atoms with van der Waals surface area (Å²) in [6, 6.07) is 5.84. The van der Waals surface area contributed by atoms with E-state index >= 15 is 0 Å². The normalized spacial score (nSPS) is 31.0. The number of nitrogens with two attached hydrogens (primary N) is 1. The Morgan fingerprint density at radius 3 is 2.50 bits per heavy atom. The van der Waals surface area contributed by atoms with Gasteiger partial charge in [0, 0.05) is 61.5 Å². The quantitative estimate of drug-likeness (QED) is 0.537. The molecule has 6 aliphatic rings. The van der Waals surface area contributed by atoms with Crippen LogP contribution in [0.3, 0.4) is 0 Å². The van der Waals surface area contributed by atoms with Gasteiger partial charge in [-0.2, -0.15) is 20.5 Å². The third-order valence-electron chi connectivity index (χ3n) is 10.7. The molecule has 3 N–H and O–H groups in total.